The van der Waals surface area contributed by atoms with Gasteiger partial charge in [-0.25, -0.2) is 4.98 Å². The highest BCUT2D eigenvalue weighted by atomic mass is 15.2. The summed E-state index contributed by atoms with van der Waals surface area (Å²) in [5.74, 6) is 1.79. The van der Waals surface area contributed by atoms with Crippen LogP contribution in [0, 0.1) is 12.8 Å². The predicted octanol–water partition coefficient (Wildman–Crippen LogP) is 2.90. The second kappa shape index (κ2) is 6.71. The molecule has 3 heteroatoms. The lowest BCUT2D eigenvalue weighted by atomic mass is 10.1. The van der Waals surface area contributed by atoms with Crippen molar-refractivity contribution in [1.82, 2.24) is 10.3 Å². The highest BCUT2D eigenvalue weighted by molar-refractivity contribution is 5.43. The largest absolute Gasteiger partial charge is 0.353 e. The molecule has 1 aliphatic heterocycles. The van der Waals surface area contributed by atoms with Crippen molar-refractivity contribution in [2.24, 2.45) is 5.92 Å². The van der Waals surface area contributed by atoms with Crippen LogP contribution in [-0.4, -0.2) is 24.6 Å². The van der Waals surface area contributed by atoms with Crippen molar-refractivity contribution in [1.29, 1.82) is 0 Å². The summed E-state index contributed by atoms with van der Waals surface area (Å²) in [6, 6.07) is 4.36. The fourth-order valence-corrected chi connectivity index (χ4v) is 2.28. The van der Waals surface area contributed by atoms with Crippen molar-refractivity contribution in [3.63, 3.8) is 0 Å². The van der Waals surface area contributed by atoms with Gasteiger partial charge < -0.3 is 10.2 Å². The van der Waals surface area contributed by atoms with Gasteiger partial charge in [0.15, 0.2) is 0 Å². The van der Waals surface area contributed by atoms with Gasteiger partial charge in [0.1, 0.15) is 5.82 Å². The second-order valence-corrected chi connectivity index (χ2v) is 5.64. The Morgan fingerprint density at radius 1 is 1.32 bits per heavy atom. The third-order valence-electron chi connectivity index (χ3n) is 3.43. The Morgan fingerprint density at radius 2 is 2.16 bits per heavy atom. The second-order valence-electron chi connectivity index (χ2n) is 5.64. The van der Waals surface area contributed by atoms with Crippen LogP contribution in [0.3, 0.4) is 0 Å². The van der Waals surface area contributed by atoms with Gasteiger partial charge in [0, 0.05) is 25.3 Å². The maximum absolute atomic E-state index is 4.75. The number of aromatic nitrogens is 1. The van der Waals surface area contributed by atoms with Crippen molar-refractivity contribution in [2.75, 3.05) is 24.5 Å². The van der Waals surface area contributed by atoms with Crippen LogP contribution in [0.2, 0.25) is 0 Å². The van der Waals surface area contributed by atoms with Crippen molar-refractivity contribution in [2.45, 2.75) is 33.7 Å². The van der Waals surface area contributed by atoms with E-state index in [0.29, 0.717) is 5.92 Å². The SMILES string of the molecule is Cc1nc(N2CC=CCC2)ccc1CNCC(C)C. The molecule has 1 aromatic heterocycles. The molecule has 0 saturated carbocycles. The maximum Gasteiger partial charge on any atom is 0.129 e. The molecule has 0 aromatic carbocycles. The molecule has 104 valence electrons. The van der Waals surface area contributed by atoms with Gasteiger partial charge in [0.05, 0.1) is 0 Å². The molecule has 1 aromatic rings. The number of rotatable bonds is 5. The average molecular weight is 259 g/mol. The number of nitrogens with one attached hydrogen (secondary N) is 1. The van der Waals surface area contributed by atoms with Crippen LogP contribution in [0.1, 0.15) is 31.5 Å². The monoisotopic (exact) mass is 259 g/mol. The predicted molar refractivity (Wildman–Crippen MR) is 81.5 cm³/mol. The van der Waals surface area contributed by atoms with Crippen LogP contribution in [0.5, 0.6) is 0 Å². The minimum absolute atomic E-state index is 0.688. The minimum atomic E-state index is 0.688. The number of hydrogen-bond acceptors (Lipinski definition) is 3. The number of aryl methyl sites for hydroxylation is 1. The summed E-state index contributed by atoms with van der Waals surface area (Å²) in [5.41, 5.74) is 2.44. The van der Waals surface area contributed by atoms with E-state index in [9.17, 15) is 0 Å². The lowest BCUT2D eigenvalue weighted by Gasteiger charge is -2.25. The van der Waals surface area contributed by atoms with Gasteiger partial charge in [-0.1, -0.05) is 32.1 Å². The van der Waals surface area contributed by atoms with Crippen LogP contribution >= 0.6 is 0 Å². The van der Waals surface area contributed by atoms with Crippen LogP contribution in [-0.2, 0) is 6.54 Å². The number of anilines is 1. The molecule has 1 aliphatic rings. The highest BCUT2D eigenvalue weighted by Gasteiger charge is 2.10. The molecule has 0 bridgehead atoms. The van der Waals surface area contributed by atoms with Crippen LogP contribution < -0.4 is 10.2 Å². The first-order chi connectivity index (χ1) is 9.16. The molecule has 0 aliphatic carbocycles. The van der Waals surface area contributed by atoms with E-state index >= 15 is 0 Å². The molecule has 0 amide bonds. The van der Waals surface area contributed by atoms with Gasteiger partial charge in [-0.3, -0.25) is 0 Å². The molecule has 0 saturated heterocycles. The van der Waals surface area contributed by atoms with E-state index in [1.165, 1.54) is 5.56 Å². The molecule has 0 fully saturated rings. The fourth-order valence-electron chi connectivity index (χ4n) is 2.28. The van der Waals surface area contributed by atoms with E-state index in [0.717, 1.165) is 44.1 Å². The van der Waals surface area contributed by atoms with Crippen molar-refractivity contribution in [3.8, 4) is 0 Å². The Balaban J connectivity index is 1.98. The van der Waals surface area contributed by atoms with Crippen LogP contribution in [0.4, 0.5) is 5.82 Å². The van der Waals surface area contributed by atoms with Crippen LogP contribution in [0.15, 0.2) is 24.3 Å². The Labute approximate surface area is 116 Å². The molecule has 2 rings (SSSR count). The smallest absolute Gasteiger partial charge is 0.129 e. The first-order valence-electron chi connectivity index (χ1n) is 7.24. The summed E-state index contributed by atoms with van der Waals surface area (Å²) >= 11 is 0. The summed E-state index contributed by atoms with van der Waals surface area (Å²) in [4.78, 5) is 7.08. The minimum Gasteiger partial charge on any atom is -0.353 e. The van der Waals surface area contributed by atoms with E-state index < -0.39 is 0 Å². The molecule has 0 spiro atoms. The van der Waals surface area contributed by atoms with Crippen molar-refractivity contribution < 1.29 is 0 Å². The Bertz CT molecular complexity index is 438. The van der Waals surface area contributed by atoms with Gasteiger partial charge in [-0.2, -0.15) is 0 Å². The zero-order chi connectivity index (χ0) is 13.7. The normalized spacial score (nSPS) is 15.3. The average Bonchev–Trinajstić information content (AvgIpc) is 2.41. The number of pyridine rings is 1. The van der Waals surface area contributed by atoms with Gasteiger partial charge >= 0.3 is 0 Å². The molecule has 0 atom stereocenters. The standard InChI is InChI=1S/C16H25N3/c1-13(2)11-17-12-15-7-8-16(18-14(15)3)19-9-5-4-6-10-19/h4-5,7-8,13,17H,6,9-12H2,1-3H3. The molecular formula is C16H25N3. The zero-order valence-electron chi connectivity index (χ0n) is 12.3. The summed E-state index contributed by atoms with van der Waals surface area (Å²) in [7, 11) is 0. The lowest BCUT2D eigenvalue weighted by Crippen LogP contribution is -2.28. The highest BCUT2D eigenvalue weighted by Crippen LogP contribution is 2.17. The summed E-state index contributed by atoms with van der Waals surface area (Å²) in [5, 5.41) is 3.48. The summed E-state index contributed by atoms with van der Waals surface area (Å²) in [6.07, 6.45) is 5.59. The molecule has 0 radical (unpaired) electrons. The van der Waals surface area contributed by atoms with E-state index in [1.807, 2.05) is 0 Å². The van der Waals surface area contributed by atoms with Gasteiger partial charge in [-0.05, 0) is 37.4 Å². The van der Waals surface area contributed by atoms with E-state index in [1.54, 1.807) is 0 Å². The quantitative estimate of drug-likeness (QED) is 0.824. The Hall–Kier alpha value is -1.35. The third-order valence-corrected chi connectivity index (χ3v) is 3.43. The molecule has 2 heterocycles. The third kappa shape index (κ3) is 4.06. The summed E-state index contributed by atoms with van der Waals surface area (Å²) < 4.78 is 0. The maximum atomic E-state index is 4.75. The molecule has 3 nitrogen and oxygen atoms in total. The first kappa shape index (κ1) is 14.1. The zero-order valence-corrected chi connectivity index (χ0v) is 12.3. The number of hydrogen-bond donors (Lipinski definition) is 1. The van der Waals surface area contributed by atoms with Gasteiger partial charge in [0.2, 0.25) is 0 Å². The lowest BCUT2D eigenvalue weighted by molar-refractivity contribution is 0.551. The molecule has 1 N–H and O–H groups in total. The van der Waals surface area contributed by atoms with E-state index in [2.05, 4.69) is 55.3 Å². The van der Waals surface area contributed by atoms with Gasteiger partial charge in [0.25, 0.3) is 0 Å². The first-order valence-corrected chi connectivity index (χ1v) is 7.24. The number of nitrogens with zero attached hydrogens (tertiary/aromatic N) is 2. The molecule has 19 heavy (non-hydrogen) atoms. The van der Waals surface area contributed by atoms with E-state index in [4.69, 9.17) is 4.98 Å². The van der Waals surface area contributed by atoms with Crippen molar-refractivity contribution in [3.05, 3.63) is 35.5 Å². The van der Waals surface area contributed by atoms with E-state index in [-0.39, 0.29) is 0 Å². The van der Waals surface area contributed by atoms with Gasteiger partial charge in [-0.15, -0.1) is 0 Å². The topological polar surface area (TPSA) is 28.2 Å². The van der Waals surface area contributed by atoms with Crippen LogP contribution in [0.25, 0.3) is 0 Å². The summed E-state index contributed by atoms with van der Waals surface area (Å²) in [6.45, 7) is 10.6. The Kier molecular flexibility index (Phi) is 4.97. The molecule has 0 unspecified atom stereocenters. The fraction of sp³-hybridized carbons (Fsp3) is 0.562. The molecular weight excluding hydrogens is 234 g/mol. The van der Waals surface area contributed by atoms with Crippen molar-refractivity contribution >= 4 is 5.82 Å². The Morgan fingerprint density at radius 3 is 2.79 bits per heavy atom.